The van der Waals surface area contributed by atoms with Gasteiger partial charge in [0.25, 0.3) is 6.01 Å². The molecule has 142 valence electrons. The van der Waals surface area contributed by atoms with Crippen molar-refractivity contribution in [1.82, 2.24) is 14.9 Å². The number of oxazole rings is 1. The van der Waals surface area contributed by atoms with Crippen LogP contribution in [-0.2, 0) is 6.54 Å². The van der Waals surface area contributed by atoms with E-state index in [0.717, 1.165) is 59.2 Å². The summed E-state index contributed by atoms with van der Waals surface area (Å²) in [5, 5.41) is 3.02. The van der Waals surface area contributed by atoms with Gasteiger partial charge in [0.2, 0.25) is 0 Å². The van der Waals surface area contributed by atoms with Gasteiger partial charge in [0, 0.05) is 31.2 Å². The first-order valence-electron chi connectivity index (χ1n) is 9.88. The highest BCUT2D eigenvalue weighted by molar-refractivity contribution is 7.13. The number of fused-ring (bicyclic) bond motifs is 5. The second kappa shape index (κ2) is 6.91. The second-order valence-corrected chi connectivity index (χ2v) is 9.25. The number of rotatable bonds is 4. The Bertz CT molecular complexity index is 911. The van der Waals surface area contributed by atoms with E-state index in [9.17, 15) is 0 Å². The zero-order chi connectivity index (χ0) is 18.4. The molecule has 3 aliphatic rings. The topological polar surface area (TPSA) is 45.4 Å². The Kier molecular flexibility index (Phi) is 4.40. The van der Waals surface area contributed by atoms with Crippen molar-refractivity contribution >= 4 is 28.5 Å². The van der Waals surface area contributed by atoms with Gasteiger partial charge in [-0.2, -0.15) is 4.98 Å². The van der Waals surface area contributed by atoms with Crippen LogP contribution in [0.25, 0.3) is 21.7 Å². The van der Waals surface area contributed by atoms with Crippen LogP contribution < -0.4 is 4.90 Å². The molecular formula is C21H26N4OS. The molecule has 1 saturated carbocycles. The summed E-state index contributed by atoms with van der Waals surface area (Å²) in [5.41, 5.74) is 4.13. The Morgan fingerprint density at radius 2 is 1.89 bits per heavy atom. The Hall–Kier alpha value is -1.92. The summed E-state index contributed by atoms with van der Waals surface area (Å²) in [4.78, 5) is 14.0. The van der Waals surface area contributed by atoms with Crippen molar-refractivity contribution in [2.24, 2.45) is 11.8 Å². The lowest BCUT2D eigenvalue weighted by Crippen LogP contribution is -2.28. The zero-order valence-corrected chi connectivity index (χ0v) is 16.8. The normalized spacial score (nSPS) is 22.7. The molecule has 0 N–H and O–H groups in total. The first-order chi connectivity index (χ1) is 13.2. The zero-order valence-electron chi connectivity index (χ0n) is 16.0. The molecule has 0 unspecified atom stereocenters. The van der Waals surface area contributed by atoms with E-state index in [4.69, 9.17) is 9.40 Å². The van der Waals surface area contributed by atoms with Crippen LogP contribution in [0.15, 0.2) is 28.1 Å². The number of anilines is 1. The number of hydrogen-bond donors (Lipinski definition) is 0. The summed E-state index contributed by atoms with van der Waals surface area (Å²) in [5.74, 6) is 1.59. The molecule has 2 aliphatic heterocycles. The fraction of sp³-hybridized carbons (Fsp3) is 0.524. The Balaban J connectivity index is 1.58. The molecule has 2 saturated heterocycles. The van der Waals surface area contributed by atoms with Crippen molar-refractivity contribution < 1.29 is 4.42 Å². The van der Waals surface area contributed by atoms with Gasteiger partial charge in [-0.25, -0.2) is 4.98 Å². The van der Waals surface area contributed by atoms with E-state index in [0.29, 0.717) is 0 Å². The van der Waals surface area contributed by atoms with Crippen molar-refractivity contribution in [3.8, 4) is 10.6 Å². The maximum Gasteiger partial charge on any atom is 0.298 e. The molecule has 4 heterocycles. The van der Waals surface area contributed by atoms with Crippen LogP contribution >= 0.6 is 11.3 Å². The fourth-order valence-electron chi connectivity index (χ4n) is 4.64. The summed E-state index contributed by atoms with van der Waals surface area (Å²) in [6.07, 6.45) is 7.29. The highest BCUT2D eigenvalue weighted by Crippen LogP contribution is 2.38. The molecule has 27 heavy (non-hydrogen) atoms. The van der Waals surface area contributed by atoms with Gasteiger partial charge in [-0.15, -0.1) is 11.3 Å². The molecule has 0 atom stereocenters. The first kappa shape index (κ1) is 17.2. The third-order valence-corrected chi connectivity index (χ3v) is 6.70. The lowest BCUT2D eigenvalue weighted by molar-refractivity contribution is 0.326. The molecule has 2 bridgehead atoms. The lowest BCUT2D eigenvalue weighted by Gasteiger charge is -2.20. The summed E-state index contributed by atoms with van der Waals surface area (Å²) in [6.45, 7) is 3.05. The van der Waals surface area contributed by atoms with Gasteiger partial charge < -0.3 is 14.2 Å². The van der Waals surface area contributed by atoms with Gasteiger partial charge >= 0.3 is 0 Å². The fourth-order valence-corrected chi connectivity index (χ4v) is 5.29. The Morgan fingerprint density at radius 1 is 1.15 bits per heavy atom. The van der Waals surface area contributed by atoms with Crippen molar-refractivity contribution in [3.63, 3.8) is 0 Å². The van der Waals surface area contributed by atoms with E-state index >= 15 is 0 Å². The van der Waals surface area contributed by atoms with E-state index in [2.05, 4.69) is 41.0 Å². The van der Waals surface area contributed by atoms with Crippen molar-refractivity contribution in [2.75, 3.05) is 32.1 Å². The molecule has 0 spiro atoms. The number of aromatic nitrogens is 2. The Morgan fingerprint density at radius 3 is 2.52 bits per heavy atom. The van der Waals surface area contributed by atoms with E-state index in [-0.39, 0.29) is 0 Å². The van der Waals surface area contributed by atoms with Crippen LogP contribution in [0.3, 0.4) is 0 Å². The van der Waals surface area contributed by atoms with E-state index in [1.165, 1.54) is 31.2 Å². The van der Waals surface area contributed by atoms with Gasteiger partial charge in [0.15, 0.2) is 5.58 Å². The van der Waals surface area contributed by atoms with Gasteiger partial charge in [0.05, 0.1) is 5.56 Å². The first-order valence-corrected chi connectivity index (χ1v) is 10.8. The number of nitrogens with zero attached hydrogens (tertiary/aromatic N) is 4. The summed E-state index contributed by atoms with van der Waals surface area (Å²) >= 11 is 1.65. The maximum atomic E-state index is 6.37. The molecule has 5 nitrogen and oxygen atoms in total. The molecular weight excluding hydrogens is 356 g/mol. The Labute approximate surface area is 164 Å². The number of thiazole rings is 1. The van der Waals surface area contributed by atoms with Crippen LogP contribution in [0.5, 0.6) is 0 Å². The van der Waals surface area contributed by atoms with Crippen LogP contribution in [-0.4, -0.2) is 42.1 Å². The lowest BCUT2D eigenvalue weighted by atomic mass is 9.84. The van der Waals surface area contributed by atoms with Crippen LogP contribution in [0.1, 0.15) is 31.2 Å². The average molecular weight is 383 g/mol. The largest absolute Gasteiger partial charge is 0.423 e. The molecule has 1 aliphatic carbocycles. The average Bonchev–Trinajstić information content (AvgIpc) is 3.23. The summed E-state index contributed by atoms with van der Waals surface area (Å²) < 4.78 is 6.37. The third-order valence-electron chi connectivity index (χ3n) is 5.89. The van der Waals surface area contributed by atoms with Gasteiger partial charge in [0.1, 0.15) is 10.5 Å². The van der Waals surface area contributed by atoms with E-state index in [1.54, 1.807) is 11.3 Å². The summed E-state index contributed by atoms with van der Waals surface area (Å²) in [6, 6.07) is 5.18. The SMILES string of the molecule is CN(C)Cc1cc(-c2nccs2)c2oc(N3CC4CCC(CC4)C3)nc2c1. The van der Waals surface area contributed by atoms with Gasteiger partial charge in [-0.1, -0.05) is 0 Å². The monoisotopic (exact) mass is 382 g/mol. The van der Waals surface area contributed by atoms with Crippen molar-refractivity contribution in [3.05, 3.63) is 29.3 Å². The molecule has 3 fully saturated rings. The molecule has 0 amide bonds. The van der Waals surface area contributed by atoms with Crippen molar-refractivity contribution in [1.29, 1.82) is 0 Å². The van der Waals surface area contributed by atoms with E-state index < -0.39 is 0 Å². The minimum Gasteiger partial charge on any atom is -0.423 e. The summed E-state index contributed by atoms with van der Waals surface area (Å²) in [7, 11) is 4.18. The number of hydrogen-bond acceptors (Lipinski definition) is 6. The molecule has 3 aromatic rings. The second-order valence-electron chi connectivity index (χ2n) is 8.35. The highest BCUT2D eigenvalue weighted by atomic mass is 32.1. The standard InChI is InChI=1S/C21H26N4OS/c1-24(2)11-16-9-17(20-22-7-8-27-20)19-18(10-16)23-21(26-19)25-12-14-3-4-15(13-25)6-5-14/h7-10,14-15H,3-6,11-13H2,1-2H3. The van der Waals surface area contributed by atoms with Crippen LogP contribution in [0.4, 0.5) is 6.01 Å². The van der Waals surface area contributed by atoms with Crippen LogP contribution in [0.2, 0.25) is 0 Å². The van der Waals surface area contributed by atoms with Crippen LogP contribution in [0, 0.1) is 11.8 Å². The highest BCUT2D eigenvalue weighted by Gasteiger charge is 2.31. The smallest absolute Gasteiger partial charge is 0.298 e. The minimum absolute atomic E-state index is 0.793. The molecule has 1 aromatic carbocycles. The molecule has 6 heteroatoms. The van der Waals surface area contributed by atoms with Crippen molar-refractivity contribution in [2.45, 2.75) is 32.2 Å². The molecule has 6 rings (SSSR count). The predicted molar refractivity (Wildman–Crippen MR) is 110 cm³/mol. The molecule has 2 aromatic heterocycles. The van der Waals surface area contributed by atoms with Gasteiger partial charge in [-0.05, 0) is 69.3 Å². The third kappa shape index (κ3) is 3.36. The quantitative estimate of drug-likeness (QED) is 0.658. The molecule has 0 radical (unpaired) electrons. The van der Waals surface area contributed by atoms with Gasteiger partial charge in [-0.3, -0.25) is 0 Å². The maximum absolute atomic E-state index is 6.37. The van der Waals surface area contributed by atoms with E-state index in [1.807, 2.05) is 11.6 Å². The minimum atomic E-state index is 0.793. The predicted octanol–water partition coefficient (Wildman–Crippen LogP) is 4.64. The number of benzene rings is 1.